The van der Waals surface area contributed by atoms with E-state index in [0.717, 1.165) is 61.7 Å². The topological polar surface area (TPSA) is 99.0 Å². The van der Waals surface area contributed by atoms with Crippen molar-refractivity contribution in [2.75, 3.05) is 13.1 Å². The molecule has 4 aromatic rings. The third-order valence-electron chi connectivity index (χ3n) is 6.72. The summed E-state index contributed by atoms with van der Waals surface area (Å²) in [5.74, 6) is 1.52. The van der Waals surface area contributed by atoms with Gasteiger partial charge in [-0.3, -0.25) is 14.2 Å². The van der Waals surface area contributed by atoms with Crippen LogP contribution in [-0.4, -0.2) is 48.2 Å². The molecule has 0 spiro atoms. The number of hydrogen-bond acceptors (Lipinski definition) is 6. The van der Waals surface area contributed by atoms with Crippen molar-refractivity contribution in [3.05, 3.63) is 52.2 Å². The second-order valence-electron chi connectivity index (χ2n) is 9.24. The number of aromatic nitrogens is 5. The molecule has 1 amide bonds. The van der Waals surface area contributed by atoms with E-state index in [9.17, 15) is 9.59 Å². The van der Waals surface area contributed by atoms with Crippen molar-refractivity contribution < 1.29 is 9.32 Å². The number of benzene rings is 1. The Morgan fingerprint density at radius 1 is 1.18 bits per heavy atom. The van der Waals surface area contributed by atoms with Crippen LogP contribution in [0.15, 0.2) is 33.8 Å². The summed E-state index contributed by atoms with van der Waals surface area (Å²) in [6.45, 7) is 3.84. The SMILES string of the molecule is Cc1ccc2c(c1)c1ncn(Cc3nc(C4CC4)no3)c(=O)c1n2CC(=O)N1CCCCC1. The maximum Gasteiger partial charge on any atom is 0.278 e. The molecule has 6 rings (SSSR count). The van der Waals surface area contributed by atoms with Crippen molar-refractivity contribution in [3.8, 4) is 0 Å². The monoisotopic (exact) mass is 446 g/mol. The Labute approximate surface area is 190 Å². The quantitative estimate of drug-likeness (QED) is 0.467. The summed E-state index contributed by atoms with van der Waals surface area (Å²) < 4.78 is 8.69. The smallest absolute Gasteiger partial charge is 0.278 e. The summed E-state index contributed by atoms with van der Waals surface area (Å²) >= 11 is 0. The molecule has 170 valence electrons. The van der Waals surface area contributed by atoms with Crippen LogP contribution in [-0.2, 0) is 17.9 Å². The minimum atomic E-state index is -0.216. The summed E-state index contributed by atoms with van der Waals surface area (Å²) in [6.07, 6.45) is 6.91. The molecule has 9 nitrogen and oxygen atoms in total. The van der Waals surface area contributed by atoms with E-state index in [-0.39, 0.29) is 24.6 Å². The van der Waals surface area contributed by atoms with Gasteiger partial charge in [-0.25, -0.2) is 4.98 Å². The van der Waals surface area contributed by atoms with Crippen LogP contribution in [0.25, 0.3) is 21.9 Å². The van der Waals surface area contributed by atoms with Gasteiger partial charge in [0.15, 0.2) is 5.82 Å². The van der Waals surface area contributed by atoms with Crippen LogP contribution >= 0.6 is 0 Å². The molecule has 2 fully saturated rings. The number of hydrogen-bond donors (Lipinski definition) is 0. The first-order chi connectivity index (χ1) is 16.1. The third kappa shape index (κ3) is 3.61. The van der Waals surface area contributed by atoms with Gasteiger partial charge in [0.25, 0.3) is 5.56 Å². The first kappa shape index (κ1) is 20.1. The van der Waals surface area contributed by atoms with Gasteiger partial charge in [0.2, 0.25) is 11.8 Å². The molecule has 0 unspecified atom stereocenters. The molecule has 4 heterocycles. The molecule has 9 heteroatoms. The second-order valence-corrected chi connectivity index (χ2v) is 9.24. The van der Waals surface area contributed by atoms with Gasteiger partial charge < -0.3 is 14.0 Å². The molecular formula is C24H26N6O3. The summed E-state index contributed by atoms with van der Waals surface area (Å²) in [4.78, 5) is 37.7. The lowest BCUT2D eigenvalue weighted by atomic mass is 10.1. The van der Waals surface area contributed by atoms with Crippen LogP contribution in [0, 0.1) is 6.92 Å². The summed E-state index contributed by atoms with van der Waals surface area (Å²) in [5.41, 5.74) is 2.76. The van der Waals surface area contributed by atoms with Crippen molar-refractivity contribution in [1.82, 2.24) is 29.2 Å². The van der Waals surface area contributed by atoms with E-state index in [4.69, 9.17) is 4.52 Å². The second kappa shape index (κ2) is 7.83. The normalized spacial score (nSPS) is 16.7. The van der Waals surface area contributed by atoms with Gasteiger partial charge in [0, 0.05) is 24.4 Å². The van der Waals surface area contributed by atoms with Crippen LogP contribution in [0.2, 0.25) is 0 Å². The standard InChI is InChI=1S/C24H26N6O3/c1-15-5-8-18-17(11-15)21-22(30(18)13-20(31)28-9-3-2-4-10-28)24(32)29(14-25-21)12-19-26-23(27-33-19)16-6-7-16/h5,8,11,14,16H,2-4,6-7,9-10,12-13H2,1H3. The van der Waals surface area contributed by atoms with Gasteiger partial charge in [-0.15, -0.1) is 0 Å². The van der Waals surface area contributed by atoms with Gasteiger partial charge in [0.05, 0.1) is 11.8 Å². The zero-order chi connectivity index (χ0) is 22.5. The predicted molar refractivity (Wildman–Crippen MR) is 122 cm³/mol. The average Bonchev–Trinajstić information content (AvgIpc) is 3.50. The molecule has 1 saturated heterocycles. The average molecular weight is 447 g/mol. The zero-order valence-electron chi connectivity index (χ0n) is 18.7. The molecule has 2 aliphatic rings. The van der Waals surface area contributed by atoms with E-state index in [2.05, 4.69) is 15.1 Å². The molecule has 0 radical (unpaired) electrons. The highest BCUT2D eigenvalue weighted by Crippen LogP contribution is 2.38. The van der Waals surface area contributed by atoms with Crippen LogP contribution in [0.1, 0.15) is 55.3 Å². The van der Waals surface area contributed by atoms with Crippen molar-refractivity contribution in [2.24, 2.45) is 0 Å². The molecule has 0 N–H and O–H groups in total. The molecule has 1 aliphatic carbocycles. The van der Waals surface area contributed by atoms with E-state index < -0.39 is 0 Å². The van der Waals surface area contributed by atoms with Crippen molar-refractivity contribution in [2.45, 2.75) is 58.0 Å². The van der Waals surface area contributed by atoms with Gasteiger partial charge in [-0.1, -0.05) is 16.8 Å². The first-order valence-corrected chi connectivity index (χ1v) is 11.7. The Morgan fingerprint density at radius 2 is 2.00 bits per heavy atom. The molecule has 33 heavy (non-hydrogen) atoms. The molecule has 1 saturated carbocycles. The van der Waals surface area contributed by atoms with E-state index in [1.165, 1.54) is 10.9 Å². The Bertz CT molecular complexity index is 1420. The van der Waals surface area contributed by atoms with E-state index in [1.807, 2.05) is 34.6 Å². The Kier molecular flexibility index (Phi) is 4.78. The molecule has 1 aromatic carbocycles. The van der Waals surface area contributed by atoms with Gasteiger partial charge in [-0.05, 0) is 51.2 Å². The van der Waals surface area contributed by atoms with E-state index >= 15 is 0 Å². The molecule has 1 aliphatic heterocycles. The molecule has 0 atom stereocenters. The van der Waals surface area contributed by atoms with Crippen LogP contribution in [0.5, 0.6) is 0 Å². The maximum absolute atomic E-state index is 13.6. The Morgan fingerprint density at radius 3 is 2.79 bits per heavy atom. The number of amides is 1. The van der Waals surface area contributed by atoms with E-state index in [0.29, 0.717) is 28.7 Å². The molecule has 0 bridgehead atoms. The summed E-state index contributed by atoms with van der Waals surface area (Å²) in [6, 6.07) is 6.00. The Hall–Kier alpha value is -3.49. The fraction of sp³-hybridized carbons (Fsp3) is 0.458. The zero-order valence-corrected chi connectivity index (χ0v) is 18.7. The van der Waals surface area contributed by atoms with E-state index in [1.54, 1.807) is 0 Å². The maximum atomic E-state index is 13.6. The third-order valence-corrected chi connectivity index (χ3v) is 6.72. The molecule has 3 aromatic heterocycles. The highest BCUT2D eigenvalue weighted by atomic mass is 16.5. The van der Waals surface area contributed by atoms with Gasteiger partial charge in [0.1, 0.15) is 24.1 Å². The van der Waals surface area contributed by atoms with Gasteiger partial charge >= 0.3 is 0 Å². The number of aryl methyl sites for hydroxylation is 1. The number of rotatable bonds is 5. The number of piperidine rings is 1. The Balaban J connectivity index is 1.43. The number of carbonyl (C=O) groups excluding carboxylic acids is 1. The minimum Gasteiger partial charge on any atom is -0.341 e. The fourth-order valence-electron chi connectivity index (χ4n) is 4.75. The van der Waals surface area contributed by atoms with Crippen LogP contribution in [0.3, 0.4) is 0 Å². The van der Waals surface area contributed by atoms with Crippen molar-refractivity contribution in [1.29, 1.82) is 0 Å². The van der Waals surface area contributed by atoms with Crippen molar-refractivity contribution >= 4 is 27.8 Å². The molecular weight excluding hydrogens is 420 g/mol. The fourth-order valence-corrected chi connectivity index (χ4v) is 4.75. The highest BCUT2D eigenvalue weighted by molar-refractivity contribution is 6.06. The lowest BCUT2D eigenvalue weighted by Gasteiger charge is -2.27. The largest absolute Gasteiger partial charge is 0.341 e. The van der Waals surface area contributed by atoms with Crippen LogP contribution in [0.4, 0.5) is 0 Å². The number of carbonyl (C=O) groups is 1. The minimum absolute atomic E-state index is 0.0369. The first-order valence-electron chi connectivity index (χ1n) is 11.7. The predicted octanol–water partition coefficient (Wildman–Crippen LogP) is 2.98. The van der Waals surface area contributed by atoms with Crippen LogP contribution < -0.4 is 5.56 Å². The van der Waals surface area contributed by atoms with Gasteiger partial charge in [-0.2, -0.15) is 4.98 Å². The summed E-state index contributed by atoms with van der Waals surface area (Å²) in [7, 11) is 0. The highest BCUT2D eigenvalue weighted by Gasteiger charge is 2.29. The number of nitrogens with zero attached hydrogens (tertiary/aromatic N) is 6. The lowest BCUT2D eigenvalue weighted by Crippen LogP contribution is -2.38. The van der Waals surface area contributed by atoms with Crippen molar-refractivity contribution in [3.63, 3.8) is 0 Å². The number of likely N-dealkylation sites (tertiary alicyclic amines) is 1. The lowest BCUT2D eigenvalue weighted by molar-refractivity contribution is -0.132. The summed E-state index contributed by atoms with van der Waals surface area (Å²) in [5, 5.41) is 4.93. The number of fused-ring (bicyclic) bond motifs is 3.